The minimum atomic E-state index is -2.88. The lowest BCUT2D eigenvalue weighted by molar-refractivity contribution is -0.0279. The second-order valence-corrected chi connectivity index (χ2v) is 8.15. The molecule has 5 rings (SSSR count). The molecule has 0 aliphatic carbocycles. The van der Waals surface area contributed by atoms with Gasteiger partial charge < -0.3 is 9.32 Å². The molecule has 5 nitrogen and oxygen atoms in total. The Bertz CT molecular complexity index is 1120. The van der Waals surface area contributed by atoms with E-state index in [1.165, 1.54) is 12.1 Å². The summed E-state index contributed by atoms with van der Waals surface area (Å²) in [7, 11) is 0. The van der Waals surface area contributed by atoms with E-state index in [0.717, 1.165) is 32.2 Å². The summed E-state index contributed by atoms with van der Waals surface area (Å²) in [5.74, 6) is -3.17. The molecule has 0 radical (unpaired) electrons. The van der Waals surface area contributed by atoms with Crippen LogP contribution in [0.15, 0.2) is 40.8 Å². The van der Waals surface area contributed by atoms with Gasteiger partial charge >= 0.3 is 6.43 Å². The van der Waals surface area contributed by atoms with Gasteiger partial charge in [-0.15, -0.1) is 10.2 Å². The summed E-state index contributed by atoms with van der Waals surface area (Å²) in [5, 5.41) is 6.77. The number of hydrogen-bond acceptors (Lipinski definition) is 5. The maximum atomic E-state index is 14.5. The van der Waals surface area contributed by atoms with Crippen LogP contribution >= 0.6 is 0 Å². The van der Waals surface area contributed by atoms with Crippen molar-refractivity contribution in [3.8, 4) is 11.5 Å². The summed E-state index contributed by atoms with van der Waals surface area (Å²) in [6.07, 6.45) is -2.88. The lowest BCUT2D eigenvalue weighted by Gasteiger charge is -2.61. The van der Waals surface area contributed by atoms with Gasteiger partial charge in [-0.2, -0.15) is 8.78 Å². The van der Waals surface area contributed by atoms with Crippen molar-refractivity contribution in [1.82, 2.24) is 15.1 Å². The number of halogens is 5. The first-order valence-electron chi connectivity index (χ1n) is 9.65. The lowest BCUT2D eigenvalue weighted by atomic mass is 9.72. The molecule has 0 unspecified atom stereocenters. The number of likely N-dealkylation sites (tertiary alicyclic amines) is 1. The van der Waals surface area contributed by atoms with Crippen molar-refractivity contribution in [2.75, 3.05) is 31.1 Å². The number of alkyl halides is 2. The lowest BCUT2D eigenvalue weighted by Crippen LogP contribution is -2.72. The first-order chi connectivity index (χ1) is 14.8. The normalized spacial score (nSPS) is 17.8. The smallest absolute Gasteiger partial charge is 0.314 e. The van der Waals surface area contributed by atoms with Gasteiger partial charge in [-0.25, -0.2) is 13.2 Å². The van der Waals surface area contributed by atoms with E-state index in [4.69, 9.17) is 4.42 Å². The van der Waals surface area contributed by atoms with Gasteiger partial charge in [0.1, 0.15) is 5.82 Å². The highest BCUT2D eigenvalue weighted by Gasteiger charge is 2.51. The molecule has 162 valence electrons. The standard InChI is InChI=1S/C21H17F5N4O/c22-15-4-3-14(6-17(15)24)30-10-21(11-30)8-29(9-21)7-13-2-1-12(5-16(13)23)19-27-28-20(31-19)18(25)26/h1-6,18H,7-11H2. The highest BCUT2D eigenvalue weighted by atomic mass is 19.3. The van der Waals surface area contributed by atoms with E-state index >= 15 is 0 Å². The van der Waals surface area contributed by atoms with Crippen molar-refractivity contribution < 1.29 is 26.4 Å². The molecular weight excluding hydrogens is 419 g/mol. The van der Waals surface area contributed by atoms with Gasteiger partial charge in [0.25, 0.3) is 5.89 Å². The summed E-state index contributed by atoms with van der Waals surface area (Å²) < 4.78 is 71.0. The number of aromatic nitrogens is 2. The molecule has 0 atom stereocenters. The molecule has 10 heteroatoms. The predicted molar refractivity (Wildman–Crippen MR) is 101 cm³/mol. The van der Waals surface area contributed by atoms with Gasteiger partial charge in [0.15, 0.2) is 11.6 Å². The number of rotatable bonds is 5. The number of nitrogens with zero attached hydrogens (tertiary/aromatic N) is 4. The van der Waals surface area contributed by atoms with Crippen molar-refractivity contribution in [2.24, 2.45) is 5.41 Å². The maximum absolute atomic E-state index is 14.5. The second-order valence-electron chi connectivity index (χ2n) is 8.15. The third kappa shape index (κ3) is 3.65. The van der Waals surface area contributed by atoms with Gasteiger partial charge in [-0.3, -0.25) is 4.90 Å². The monoisotopic (exact) mass is 436 g/mol. The minimum Gasteiger partial charge on any atom is -0.415 e. The molecule has 0 amide bonds. The molecule has 1 aromatic heterocycles. The van der Waals surface area contributed by atoms with Crippen LogP contribution in [0.4, 0.5) is 27.6 Å². The molecule has 2 aliphatic rings. The van der Waals surface area contributed by atoms with E-state index < -0.39 is 29.8 Å². The molecule has 1 spiro atoms. The first kappa shape index (κ1) is 19.9. The predicted octanol–water partition coefficient (Wildman–Crippen LogP) is 4.41. The summed E-state index contributed by atoms with van der Waals surface area (Å²) >= 11 is 0. The topological polar surface area (TPSA) is 45.4 Å². The highest BCUT2D eigenvalue weighted by molar-refractivity contribution is 5.54. The quantitative estimate of drug-likeness (QED) is 0.555. The Balaban J connectivity index is 1.17. The first-order valence-corrected chi connectivity index (χ1v) is 9.65. The van der Waals surface area contributed by atoms with Crippen LogP contribution in [0.25, 0.3) is 11.5 Å². The van der Waals surface area contributed by atoms with E-state index in [2.05, 4.69) is 15.1 Å². The van der Waals surface area contributed by atoms with Gasteiger partial charge in [-0.05, 0) is 24.3 Å². The molecule has 0 N–H and O–H groups in total. The van der Waals surface area contributed by atoms with Crippen LogP contribution in [0.1, 0.15) is 17.9 Å². The molecule has 31 heavy (non-hydrogen) atoms. The van der Waals surface area contributed by atoms with Gasteiger partial charge in [0.2, 0.25) is 5.89 Å². The van der Waals surface area contributed by atoms with Gasteiger partial charge in [-0.1, -0.05) is 6.07 Å². The Labute approximate surface area is 174 Å². The van der Waals surface area contributed by atoms with E-state index in [-0.39, 0.29) is 16.9 Å². The van der Waals surface area contributed by atoms with Crippen LogP contribution in [-0.4, -0.2) is 41.3 Å². The van der Waals surface area contributed by atoms with Crippen LogP contribution < -0.4 is 4.90 Å². The highest BCUT2D eigenvalue weighted by Crippen LogP contribution is 2.42. The Morgan fingerprint density at radius 1 is 0.903 bits per heavy atom. The molecule has 3 heterocycles. The van der Waals surface area contributed by atoms with Gasteiger partial charge in [0, 0.05) is 61.0 Å². The average molecular weight is 436 g/mol. The van der Waals surface area contributed by atoms with Crippen LogP contribution in [0.2, 0.25) is 0 Å². The van der Waals surface area contributed by atoms with Gasteiger partial charge in [0.05, 0.1) is 0 Å². The third-order valence-corrected chi connectivity index (χ3v) is 5.76. The van der Waals surface area contributed by atoms with Crippen LogP contribution in [0.3, 0.4) is 0 Å². The summed E-state index contributed by atoms with van der Waals surface area (Å²) in [4.78, 5) is 4.09. The molecule has 2 fully saturated rings. The maximum Gasteiger partial charge on any atom is 0.314 e. The largest absolute Gasteiger partial charge is 0.415 e. The molecule has 2 aliphatic heterocycles. The Morgan fingerprint density at radius 3 is 2.32 bits per heavy atom. The van der Waals surface area contributed by atoms with Crippen molar-refractivity contribution in [2.45, 2.75) is 13.0 Å². The zero-order valence-corrected chi connectivity index (χ0v) is 16.2. The molecule has 2 saturated heterocycles. The van der Waals surface area contributed by atoms with E-state index in [9.17, 15) is 22.0 Å². The molecule has 0 bridgehead atoms. The van der Waals surface area contributed by atoms with Crippen LogP contribution in [-0.2, 0) is 6.54 Å². The fourth-order valence-electron chi connectivity index (χ4n) is 4.33. The van der Waals surface area contributed by atoms with Crippen molar-refractivity contribution >= 4 is 5.69 Å². The number of hydrogen-bond donors (Lipinski definition) is 0. The Morgan fingerprint density at radius 2 is 1.68 bits per heavy atom. The Hall–Kier alpha value is -3.01. The number of anilines is 1. The zero-order valence-electron chi connectivity index (χ0n) is 16.2. The van der Waals surface area contributed by atoms with Crippen LogP contribution in [0, 0.1) is 22.9 Å². The van der Waals surface area contributed by atoms with Crippen molar-refractivity contribution in [1.29, 1.82) is 0 Å². The van der Waals surface area contributed by atoms with E-state index in [1.54, 1.807) is 18.2 Å². The molecule has 3 aromatic rings. The molecular formula is C21H17F5N4O. The number of benzene rings is 2. The summed E-state index contributed by atoms with van der Waals surface area (Å²) in [6, 6.07) is 8.22. The summed E-state index contributed by atoms with van der Waals surface area (Å²) in [5.41, 5.74) is 1.45. The fourth-order valence-corrected chi connectivity index (χ4v) is 4.33. The molecule has 0 saturated carbocycles. The van der Waals surface area contributed by atoms with E-state index in [0.29, 0.717) is 17.8 Å². The third-order valence-electron chi connectivity index (χ3n) is 5.76. The average Bonchev–Trinajstić information content (AvgIpc) is 3.17. The summed E-state index contributed by atoms with van der Waals surface area (Å²) in [6.45, 7) is 3.43. The van der Waals surface area contributed by atoms with Crippen molar-refractivity contribution in [3.05, 3.63) is 65.3 Å². The van der Waals surface area contributed by atoms with E-state index in [1.807, 2.05) is 4.90 Å². The molecule has 2 aromatic carbocycles. The fraction of sp³-hybridized carbons (Fsp3) is 0.333. The minimum absolute atomic E-state index is 0.0801. The Kier molecular flexibility index (Phi) is 4.69. The zero-order chi connectivity index (χ0) is 21.8. The van der Waals surface area contributed by atoms with Crippen LogP contribution in [0.5, 0.6) is 0 Å². The SMILES string of the molecule is Fc1ccc(N2CC3(CN(Cc4ccc(-c5nnc(C(F)F)o5)cc4F)C3)C2)cc1F. The van der Waals surface area contributed by atoms with Crippen molar-refractivity contribution in [3.63, 3.8) is 0 Å². The second kappa shape index (κ2) is 7.30.